The van der Waals surface area contributed by atoms with Gasteiger partial charge in [-0.1, -0.05) is 6.92 Å². The summed E-state index contributed by atoms with van der Waals surface area (Å²) >= 11 is 0. The molecule has 0 heterocycles. The van der Waals surface area contributed by atoms with E-state index in [1.165, 1.54) is 25.0 Å². The molecule has 2 rings (SSSR count). The number of benzene rings is 1. The quantitative estimate of drug-likeness (QED) is 0.656. The summed E-state index contributed by atoms with van der Waals surface area (Å²) in [5, 5.41) is 0. The number of hydrogen-bond donors (Lipinski definition) is 0. The minimum absolute atomic E-state index is 0.127. The predicted octanol–water partition coefficient (Wildman–Crippen LogP) is 4.53. The second kappa shape index (κ2) is 4.52. The molecule has 87 valence electrons. The number of halogens is 2. The van der Waals surface area contributed by atoms with Crippen molar-refractivity contribution in [2.75, 3.05) is 0 Å². The highest BCUT2D eigenvalue weighted by molar-refractivity contribution is 5.28. The summed E-state index contributed by atoms with van der Waals surface area (Å²) in [6.45, 7) is 3.64. The molecular weight excluding hydrogens is 206 g/mol. The van der Waals surface area contributed by atoms with Gasteiger partial charge in [-0.05, 0) is 62.1 Å². The average molecular weight is 223 g/mol. The van der Waals surface area contributed by atoms with Crippen molar-refractivity contribution in [3.8, 4) is 0 Å². The zero-order valence-electron chi connectivity index (χ0n) is 9.82. The molecule has 0 atom stereocenters. The van der Waals surface area contributed by atoms with Gasteiger partial charge in [0.05, 0.1) is 0 Å². The second-order valence-corrected chi connectivity index (χ2v) is 4.84. The Bertz CT molecular complexity index is 353. The van der Waals surface area contributed by atoms with Gasteiger partial charge in [-0.15, -0.1) is 0 Å². The van der Waals surface area contributed by atoms with Crippen LogP contribution < -0.4 is 0 Å². The Kier molecular flexibility index (Phi) is 3.27. The first kappa shape index (κ1) is 11.6. The third kappa shape index (κ3) is 2.26. The summed E-state index contributed by atoms with van der Waals surface area (Å²) in [5.41, 5.74) is 0.954. The van der Waals surface area contributed by atoms with E-state index < -0.39 is 11.6 Å². The highest BCUT2D eigenvalue weighted by Crippen LogP contribution is 2.37. The first-order chi connectivity index (χ1) is 7.58. The van der Waals surface area contributed by atoms with Crippen LogP contribution in [0.25, 0.3) is 0 Å². The molecule has 1 fully saturated rings. The second-order valence-electron chi connectivity index (χ2n) is 4.84. The van der Waals surface area contributed by atoms with Crippen LogP contribution in [0.2, 0.25) is 0 Å². The zero-order chi connectivity index (χ0) is 11.7. The SMILES string of the molecule is C[C]1CCC(c2cc(F)c(C)c(F)c2)CC1. The molecule has 2 heteroatoms. The summed E-state index contributed by atoms with van der Waals surface area (Å²) in [6.07, 6.45) is 4.21. The molecule has 0 nitrogen and oxygen atoms in total. The lowest BCUT2D eigenvalue weighted by molar-refractivity contribution is 0.465. The van der Waals surface area contributed by atoms with Crippen molar-refractivity contribution in [3.63, 3.8) is 0 Å². The van der Waals surface area contributed by atoms with E-state index in [4.69, 9.17) is 0 Å². The Morgan fingerprint density at radius 3 is 2.00 bits per heavy atom. The van der Waals surface area contributed by atoms with E-state index in [1.54, 1.807) is 0 Å². The summed E-state index contributed by atoms with van der Waals surface area (Å²) in [6, 6.07) is 3.01. The molecule has 0 spiro atoms. The standard InChI is InChI=1S/C14H17F2/c1-9-3-5-11(6-4-9)12-7-13(15)10(2)14(16)8-12/h7-8,11H,3-6H2,1-2H3. The molecule has 16 heavy (non-hydrogen) atoms. The molecule has 1 saturated carbocycles. The fraction of sp³-hybridized carbons (Fsp3) is 0.500. The first-order valence-electron chi connectivity index (χ1n) is 5.84. The summed E-state index contributed by atoms with van der Waals surface area (Å²) < 4.78 is 26.9. The Morgan fingerprint density at radius 2 is 1.50 bits per heavy atom. The molecule has 0 aromatic heterocycles. The smallest absolute Gasteiger partial charge is 0.129 e. The Hall–Kier alpha value is -0.920. The van der Waals surface area contributed by atoms with Gasteiger partial charge in [-0.3, -0.25) is 0 Å². The van der Waals surface area contributed by atoms with Crippen LogP contribution in [0.5, 0.6) is 0 Å². The van der Waals surface area contributed by atoms with Crippen molar-refractivity contribution < 1.29 is 8.78 Å². The van der Waals surface area contributed by atoms with Crippen LogP contribution >= 0.6 is 0 Å². The van der Waals surface area contributed by atoms with Crippen LogP contribution in [0.15, 0.2) is 12.1 Å². The topological polar surface area (TPSA) is 0 Å². The van der Waals surface area contributed by atoms with Crippen LogP contribution in [0.1, 0.15) is 49.7 Å². The highest BCUT2D eigenvalue weighted by Gasteiger charge is 2.21. The minimum Gasteiger partial charge on any atom is -0.207 e. The van der Waals surface area contributed by atoms with E-state index in [1.807, 2.05) is 0 Å². The minimum atomic E-state index is -0.415. The van der Waals surface area contributed by atoms with Crippen LogP contribution in [0.3, 0.4) is 0 Å². The van der Waals surface area contributed by atoms with Crippen LogP contribution in [0.4, 0.5) is 8.78 Å². The van der Waals surface area contributed by atoms with Gasteiger partial charge < -0.3 is 0 Å². The fourth-order valence-electron chi connectivity index (χ4n) is 2.34. The van der Waals surface area contributed by atoms with E-state index in [0.717, 1.165) is 31.2 Å². The monoisotopic (exact) mass is 223 g/mol. The third-order valence-electron chi connectivity index (χ3n) is 3.61. The Balaban J connectivity index is 2.21. The normalized spacial score (nSPS) is 19.0. The van der Waals surface area contributed by atoms with Gasteiger partial charge >= 0.3 is 0 Å². The maximum atomic E-state index is 13.4. The van der Waals surface area contributed by atoms with Gasteiger partial charge in [-0.2, -0.15) is 0 Å². The maximum absolute atomic E-state index is 13.4. The van der Waals surface area contributed by atoms with Crippen LogP contribution in [-0.2, 0) is 0 Å². The van der Waals surface area contributed by atoms with Gasteiger partial charge in [0.2, 0.25) is 0 Å². The maximum Gasteiger partial charge on any atom is 0.129 e. The van der Waals surface area contributed by atoms with Crippen LogP contribution in [-0.4, -0.2) is 0 Å². The fourth-order valence-corrected chi connectivity index (χ4v) is 2.34. The van der Waals surface area contributed by atoms with Gasteiger partial charge in [0.25, 0.3) is 0 Å². The van der Waals surface area contributed by atoms with Crippen LogP contribution in [0, 0.1) is 24.5 Å². The summed E-state index contributed by atoms with van der Waals surface area (Å²) in [7, 11) is 0. The lowest BCUT2D eigenvalue weighted by Gasteiger charge is -2.26. The van der Waals surface area contributed by atoms with Gasteiger partial charge in [-0.25, -0.2) is 8.78 Å². The van der Waals surface area contributed by atoms with Crippen molar-refractivity contribution in [2.24, 2.45) is 0 Å². The molecule has 1 aliphatic carbocycles. The van der Waals surface area contributed by atoms with Gasteiger partial charge in [0.15, 0.2) is 0 Å². The van der Waals surface area contributed by atoms with E-state index in [0.29, 0.717) is 5.92 Å². The van der Waals surface area contributed by atoms with Crippen molar-refractivity contribution in [2.45, 2.75) is 45.4 Å². The van der Waals surface area contributed by atoms with E-state index in [-0.39, 0.29) is 5.56 Å². The molecule has 0 amide bonds. The van der Waals surface area contributed by atoms with Gasteiger partial charge in [0, 0.05) is 5.56 Å². The molecule has 1 radical (unpaired) electrons. The lowest BCUT2D eigenvalue weighted by atomic mass is 9.79. The van der Waals surface area contributed by atoms with E-state index >= 15 is 0 Å². The summed E-state index contributed by atoms with van der Waals surface area (Å²) in [4.78, 5) is 0. The predicted molar refractivity (Wildman–Crippen MR) is 61.2 cm³/mol. The van der Waals surface area contributed by atoms with Crippen molar-refractivity contribution in [1.82, 2.24) is 0 Å². The highest BCUT2D eigenvalue weighted by atomic mass is 19.1. The largest absolute Gasteiger partial charge is 0.207 e. The Labute approximate surface area is 95.7 Å². The van der Waals surface area contributed by atoms with Crippen molar-refractivity contribution in [3.05, 3.63) is 40.8 Å². The molecule has 0 saturated heterocycles. The first-order valence-corrected chi connectivity index (χ1v) is 5.84. The van der Waals surface area contributed by atoms with Crippen molar-refractivity contribution >= 4 is 0 Å². The zero-order valence-corrected chi connectivity index (χ0v) is 9.82. The molecule has 0 bridgehead atoms. The lowest BCUT2D eigenvalue weighted by Crippen LogP contribution is -2.10. The summed E-state index contributed by atoms with van der Waals surface area (Å²) in [5.74, 6) is 1.00. The third-order valence-corrected chi connectivity index (χ3v) is 3.61. The molecule has 0 N–H and O–H groups in total. The average Bonchev–Trinajstić information content (AvgIpc) is 2.26. The molecule has 0 aliphatic heterocycles. The molecular formula is C14H17F2. The molecule has 1 aromatic carbocycles. The number of rotatable bonds is 1. The van der Waals surface area contributed by atoms with E-state index in [2.05, 4.69) is 6.92 Å². The molecule has 0 unspecified atom stereocenters. The van der Waals surface area contributed by atoms with E-state index in [9.17, 15) is 8.78 Å². The molecule has 1 aliphatic rings. The Morgan fingerprint density at radius 1 is 1.00 bits per heavy atom. The molecule has 1 aromatic rings. The number of hydrogen-bond acceptors (Lipinski definition) is 0. The van der Waals surface area contributed by atoms with Crippen molar-refractivity contribution in [1.29, 1.82) is 0 Å². The van der Waals surface area contributed by atoms with Gasteiger partial charge in [0.1, 0.15) is 11.6 Å².